The zero-order valence-electron chi connectivity index (χ0n) is 12.4. The zero-order valence-corrected chi connectivity index (χ0v) is 12.4. The van der Waals surface area contributed by atoms with Crippen LogP contribution in [0.1, 0.15) is 22.3 Å². The first-order valence-corrected chi connectivity index (χ1v) is 6.82. The largest absolute Gasteiger partial charge is 0.497 e. The third kappa shape index (κ3) is 5.02. The van der Waals surface area contributed by atoms with Gasteiger partial charge in [0.2, 0.25) is 0 Å². The minimum atomic E-state index is -4.52. The monoisotopic (exact) mass is 322 g/mol. The number of ketones is 1. The Morgan fingerprint density at radius 2 is 1.78 bits per heavy atom. The van der Waals surface area contributed by atoms with E-state index in [0.29, 0.717) is 11.4 Å². The van der Waals surface area contributed by atoms with Gasteiger partial charge < -0.3 is 10.1 Å². The van der Waals surface area contributed by atoms with Crippen molar-refractivity contribution in [3.8, 4) is 5.75 Å². The molecule has 2 aromatic rings. The van der Waals surface area contributed by atoms with Crippen molar-refractivity contribution in [2.24, 2.45) is 0 Å². The summed E-state index contributed by atoms with van der Waals surface area (Å²) in [5, 5.41) is 2.88. The van der Waals surface area contributed by atoms with Crippen LogP contribution in [0.3, 0.4) is 0 Å². The Morgan fingerprint density at radius 1 is 1.13 bits per heavy atom. The van der Waals surface area contributed by atoms with Gasteiger partial charge in [0.1, 0.15) is 12.2 Å². The maximum Gasteiger partial charge on any atom is 0.396 e. The van der Waals surface area contributed by atoms with E-state index in [9.17, 15) is 18.0 Å². The summed E-state index contributed by atoms with van der Waals surface area (Å²) in [5.41, 5.74) is 1.14. The molecule has 0 heterocycles. The van der Waals surface area contributed by atoms with Crippen molar-refractivity contribution in [1.29, 1.82) is 0 Å². The number of alkyl halides is 3. The molecule has 1 N–H and O–H groups in total. The van der Waals surface area contributed by atoms with Gasteiger partial charge in [-0.15, -0.1) is 0 Å². The highest BCUT2D eigenvalue weighted by atomic mass is 19.4. The molecular formula is C17H15F3NO2. The number of hydrogen-bond acceptors (Lipinski definition) is 3. The molecule has 121 valence electrons. The molecule has 0 aliphatic carbocycles. The number of halogens is 3. The van der Waals surface area contributed by atoms with E-state index in [1.807, 2.05) is 0 Å². The summed E-state index contributed by atoms with van der Waals surface area (Å²) in [6, 6.07) is 13.2. The van der Waals surface area contributed by atoms with Crippen molar-refractivity contribution in [2.75, 3.05) is 12.4 Å². The number of para-hydroxylation sites is 1. The van der Waals surface area contributed by atoms with Crippen LogP contribution in [0, 0.1) is 6.54 Å². The molecule has 0 bridgehead atoms. The van der Waals surface area contributed by atoms with Crippen molar-refractivity contribution >= 4 is 11.5 Å². The van der Waals surface area contributed by atoms with Crippen LogP contribution in [0.15, 0.2) is 48.5 Å². The van der Waals surface area contributed by atoms with E-state index < -0.39 is 18.4 Å². The van der Waals surface area contributed by atoms with Crippen molar-refractivity contribution < 1.29 is 22.7 Å². The number of carbonyl (C=O) groups is 1. The lowest BCUT2D eigenvalue weighted by Gasteiger charge is -2.12. The molecule has 0 aliphatic rings. The zero-order chi connectivity index (χ0) is 16.9. The van der Waals surface area contributed by atoms with Crippen molar-refractivity contribution in [1.82, 2.24) is 0 Å². The fourth-order valence-corrected chi connectivity index (χ4v) is 1.99. The number of hydrogen-bond donors (Lipinski definition) is 1. The predicted octanol–water partition coefficient (Wildman–Crippen LogP) is 4.45. The number of nitrogens with one attached hydrogen (secondary N) is 1. The van der Waals surface area contributed by atoms with E-state index in [4.69, 9.17) is 4.74 Å². The minimum absolute atomic E-state index is 0.00888. The third-order valence-electron chi connectivity index (χ3n) is 3.10. The van der Waals surface area contributed by atoms with Crippen molar-refractivity contribution in [3.05, 3.63) is 66.2 Å². The first kappa shape index (κ1) is 16.9. The molecule has 23 heavy (non-hydrogen) atoms. The predicted molar refractivity (Wildman–Crippen MR) is 81.5 cm³/mol. The van der Waals surface area contributed by atoms with Crippen LogP contribution >= 0.6 is 0 Å². The number of anilines is 1. The molecule has 3 nitrogen and oxygen atoms in total. The van der Waals surface area contributed by atoms with Crippen LogP contribution in [-0.4, -0.2) is 19.1 Å². The average Bonchev–Trinajstić information content (AvgIpc) is 2.52. The van der Waals surface area contributed by atoms with Crippen molar-refractivity contribution in [3.63, 3.8) is 0 Å². The molecule has 0 atom stereocenters. The number of benzene rings is 2. The maximum absolute atomic E-state index is 12.4. The van der Waals surface area contributed by atoms with E-state index in [-0.39, 0.29) is 5.56 Å². The molecule has 0 aliphatic heterocycles. The fraction of sp³-hybridized carbons (Fsp3) is 0.176. The molecule has 2 aromatic carbocycles. The van der Waals surface area contributed by atoms with Gasteiger partial charge in [-0.05, 0) is 29.8 Å². The van der Waals surface area contributed by atoms with Crippen LogP contribution in [0.25, 0.3) is 0 Å². The van der Waals surface area contributed by atoms with E-state index in [0.717, 1.165) is 5.56 Å². The second-order valence-corrected chi connectivity index (χ2v) is 4.82. The van der Waals surface area contributed by atoms with E-state index in [1.165, 1.54) is 12.1 Å². The fourth-order valence-electron chi connectivity index (χ4n) is 1.99. The highest BCUT2D eigenvalue weighted by molar-refractivity contribution is 6.01. The van der Waals surface area contributed by atoms with E-state index >= 15 is 0 Å². The molecule has 1 radical (unpaired) electrons. The molecule has 0 saturated carbocycles. The summed E-state index contributed by atoms with van der Waals surface area (Å²) in [7, 11) is 1.56. The molecule has 6 heteroatoms. The summed E-state index contributed by atoms with van der Waals surface area (Å²) in [6.45, 7) is 1.61. The van der Waals surface area contributed by atoms with Crippen molar-refractivity contribution in [2.45, 2.75) is 12.6 Å². The number of ether oxygens (including phenoxy) is 1. The standard InChI is InChI=1S/C17H15F3NO2/c1-23-13-8-6-12(7-9-13)11-21-15-5-3-2-4-14(15)16(22)10-17(18,19)20/h2-9,11,21H,10H2,1H3. The summed E-state index contributed by atoms with van der Waals surface area (Å²) in [4.78, 5) is 11.8. The first-order valence-electron chi connectivity index (χ1n) is 6.82. The molecule has 0 spiro atoms. The summed E-state index contributed by atoms with van der Waals surface area (Å²) in [6.07, 6.45) is -6.00. The number of Topliss-reactive ketones (excluding diaryl/α,β-unsaturated/α-hetero) is 1. The van der Waals surface area contributed by atoms with Gasteiger partial charge in [-0.2, -0.15) is 13.2 Å². The molecule has 2 rings (SSSR count). The van der Waals surface area contributed by atoms with Gasteiger partial charge in [0.25, 0.3) is 0 Å². The lowest BCUT2D eigenvalue weighted by Crippen LogP contribution is -2.16. The Bertz CT molecular complexity index is 666. The van der Waals surface area contributed by atoms with Gasteiger partial charge in [-0.25, -0.2) is 0 Å². The lowest BCUT2D eigenvalue weighted by molar-refractivity contribution is -0.125. The molecule has 0 fully saturated rings. The van der Waals surface area contributed by atoms with Crippen LogP contribution in [-0.2, 0) is 0 Å². The molecule has 0 aromatic heterocycles. The smallest absolute Gasteiger partial charge is 0.396 e. The SMILES string of the molecule is COc1ccc([CH]Nc2ccccc2C(=O)CC(F)(F)F)cc1. The highest BCUT2D eigenvalue weighted by Crippen LogP contribution is 2.26. The quantitative estimate of drug-likeness (QED) is 0.798. The van der Waals surface area contributed by atoms with Gasteiger partial charge >= 0.3 is 6.18 Å². The van der Waals surface area contributed by atoms with Gasteiger partial charge in [-0.1, -0.05) is 24.3 Å². The van der Waals surface area contributed by atoms with Crippen LogP contribution in [0.4, 0.5) is 18.9 Å². The summed E-state index contributed by atoms with van der Waals surface area (Å²) < 4.78 is 42.2. The first-order chi connectivity index (χ1) is 10.9. The topological polar surface area (TPSA) is 38.3 Å². The second-order valence-electron chi connectivity index (χ2n) is 4.82. The van der Waals surface area contributed by atoms with Crippen LogP contribution < -0.4 is 10.1 Å². The minimum Gasteiger partial charge on any atom is -0.497 e. The molecule has 0 amide bonds. The Morgan fingerprint density at radius 3 is 2.39 bits per heavy atom. The highest BCUT2D eigenvalue weighted by Gasteiger charge is 2.32. The Kier molecular flexibility index (Phi) is 5.26. The molecular weight excluding hydrogens is 307 g/mol. The van der Waals surface area contributed by atoms with Gasteiger partial charge in [0.15, 0.2) is 5.78 Å². The van der Waals surface area contributed by atoms with Crippen LogP contribution in [0.5, 0.6) is 5.75 Å². The van der Waals surface area contributed by atoms with Crippen LogP contribution in [0.2, 0.25) is 0 Å². The average molecular weight is 322 g/mol. The second kappa shape index (κ2) is 7.17. The molecule has 0 saturated heterocycles. The normalized spacial score (nSPS) is 11.1. The Balaban J connectivity index is 2.09. The third-order valence-corrected chi connectivity index (χ3v) is 3.10. The number of methoxy groups -OCH3 is 1. The summed E-state index contributed by atoms with van der Waals surface area (Å²) in [5.74, 6) is -0.272. The Hall–Kier alpha value is -2.50. The number of carbonyl (C=O) groups excluding carboxylic acids is 1. The number of rotatable bonds is 6. The van der Waals surface area contributed by atoms with E-state index in [2.05, 4.69) is 5.32 Å². The van der Waals surface area contributed by atoms with Gasteiger partial charge in [0.05, 0.1) is 13.7 Å². The van der Waals surface area contributed by atoms with E-state index in [1.54, 1.807) is 50.1 Å². The van der Waals surface area contributed by atoms with Gasteiger partial charge in [-0.3, -0.25) is 4.79 Å². The molecule has 0 unspecified atom stereocenters. The lowest BCUT2D eigenvalue weighted by atomic mass is 10.1. The Labute approximate surface area is 132 Å². The summed E-state index contributed by atoms with van der Waals surface area (Å²) >= 11 is 0. The maximum atomic E-state index is 12.4. The van der Waals surface area contributed by atoms with Gasteiger partial charge in [0, 0.05) is 11.3 Å².